The molecule has 4 nitrogen and oxygen atoms in total. The van der Waals surface area contributed by atoms with Crippen molar-refractivity contribution in [3.05, 3.63) is 40.2 Å². The van der Waals surface area contributed by atoms with Crippen LogP contribution in [0.25, 0.3) is 10.9 Å². The summed E-state index contributed by atoms with van der Waals surface area (Å²) in [5.41, 5.74) is 0.108. The number of fused-ring (bicyclic) bond motifs is 1. The second-order valence-electron chi connectivity index (χ2n) is 5.84. The molecular formula is C18H25FN2O2. The summed E-state index contributed by atoms with van der Waals surface area (Å²) in [6, 6.07) is 4.01. The first kappa shape index (κ1) is 17.4. The number of rotatable bonds is 9. The number of hydrogen-bond donors (Lipinski definition) is 0. The van der Waals surface area contributed by atoms with Gasteiger partial charge in [0.15, 0.2) is 0 Å². The van der Waals surface area contributed by atoms with Gasteiger partial charge in [-0.2, -0.15) is 0 Å². The zero-order valence-corrected chi connectivity index (χ0v) is 14.0. The van der Waals surface area contributed by atoms with E-state index in [2.05, 4.69) is 11.9 Å². The normalized spacial score (nSPS) is 11.1. The van der Waals surface area contributed by atoms with Crippen molar-refractivity contribution < 1.29 is 9.23 Å². The maximum Gasteiger partial charge on any atom is 0.294 e. The quantitative estimate of drug-likeness (QED) is 0.658. The van der Waals surface area contributed by atoms with Gasteiger partial charge in [-0.3, -0.25) is 4.79 Å². The van der Waals surface area contributed by atoms with Gasteiger partial charge in [-0.1, -0.05) is 45.4 Å². The summed E-state index contributed by atoms with van der Waals surface area (Å²) in [5.74, 6) is 0.172. The summed E-state index contributed by atoms with van der Waals surface area (Å²) in [7, 11) is 1.45. The first-order valence-corrected chi connectivity index (χ1v) is 8.43. The van der Waals surface area contributed by atoms with Crippen molar-refractivity contribution in [3.8, 4) is 0 Å². The zero-order chi connectivity index (χ0) is 16.7. The van der Waals surface area contributed by atoms with Crippen LogP contribution in [0.1, 0.15) is 57.7 Å². The summed E-state index contributed by atoms with van der Waals surface area (Å²) in [6.07, 6.45) is 8.97. The molecule has 1 heterocycles. The topological polar surface area (TPSA) is 44.1 Å². The van der Waals surface area contributed by atoms with Crippen LogP contribution >= 0.6 is 0 Å². The molecule has 0 spiro atoms. The molecule has 1 aromatic heterocycles. The van der Waals surface area contributed by atoms with E-state index in [1.54, 1.807) is 0 Å². The molecular weight excluding hydrogens is 295 g/mol. The summed E-state index contributed by atoms with van der Waals surface area (Å²) in [5, 5.41) is 0.372. The van der Waals surface area contributed by atoms with Crippen LogP contribution in [-0.2, 0) is 6.42 Å². The van der Waals surface area contributed by atoms with Crippen molar-refractivity contribution in [1.82, 2.24) is 9.71 Å². The Morgan fingerprint density at radius 2 is 1.83 bits per heavy atom. The van der Waals surface area contributed by atoms with Crippen LogP contribution in [-0.4, -0.2) is 16.8 Å². The molecule has 1 aromatic carbocycles. The van der Waals surface area contributed by atoms with E-state index in [4.69, 9.17) is 4.84 Å². The Labute approximate surface area is 136 Å². The van der Waals surface area contributed by atoms with E-state index in [-0.39, 0.29) is 11.4 Å². The van der Waals surface area contributed by atoms with Gasteiger partial charge in [0.2, 0.25) is 0 Å². The van der Waals surface area contributed by atoms with Gasteiger partial charge in [-0.05, 0) is 18.6 Å². The average Bonchev–Trinajstić information content (AvgIpc) is 2.54. The first-order valence-electron chi connectivity index (χ1n) is 8.43. The van der Waals surface area contributed by atoms with Gasteiger partial charge >= 0.3 is 0 Å². The predicted octanol–water partition coefficient (Wildman–Crippen LogP) is 3.89. The molecule has 5 heteroatoms. The molecule has 0 bridgehead atoms. The lowest BCUT2D eigenvalue weighted by atomic mass is 10.1. The van der Waals surface area contributed by atoms with Crippen LogP contribution in [0, 0.1) is 5.82 Å². The van der Waals surface area contributed by atoms with Crippen molar-refractivity contribution in [2.75, 3.05) is 7.11 Å². The summed E-state index contributed by atoms with van der Waals surface area (Å²) >= 11 is 0. The molecule has 0 radical (unpaired) electrons. The van der Waals surface area contributed by atoms with E-state index in [0.717, 1.165) is 12.8 Å². The maximum absolute atomic E-state index is 13.4. The van der Waals surface area contributed by atoms with E-state index in [1.807, 2.05) is 0 Å². The maximum atomic E-state index is 13.4. The van der Waals surface area contributed by atoms with Gasteiger partial charge in [0, 0.05) is 12.5 Å². The molecule has 126 valence electrons. The molecule has 0 aliphatic rings. The average molecular weight is 320 g/mol. The van der Waals surface area contributed by atoms with Crippen molar-refractivity contribution in [2.24, 2.45) is 0 Å². The second kappa shape index (κ2) is 8.65. The van der Waals surface area contributed by atoms with Crippen LogP contribution in [0.3, 0.4) is 0 Å². The summed E-state index contributed by atoms with van der Waals surface area (Å²) in [4.78, 5) is 22.0. The lowest BCUT2D eigenvalue weighted by Crippen LogP contribution is -2.29. The van der Waals surface area contributed by atoms with Gasteiger partial charge in [-0.15, -0.1) is 4.73 Å². The third-order valence-electron chi connectivity index (χ3n) is 4.05. The molecule has 0 amide bonds. The van der Waals surface area contributed by atoms with Gasteiger partial charge in [0.1, 0.15) is 18.8 Å². The Bertz CT molecular complexity index is 697. The zero-order valence-electron chi connectivity index (χ0n) is 14.0. The van der Waals surface area contributed by atoms with E-state index in [1.165, 1.54) is 62.1 Å². The lowest BCUT2D eigenvalue weighted by Gasteiger charge is -2.11. The number of halogens is 1. The van der Waals surface area contributed by atoms with Crippen LogP contribution < -0.4 is 10.4 Å². The Hall–Kier alpha value is -1.91. The minimum atomic E-state index is -0.388. The number of hydrogen-bond acceptors (Lipinski definition) is 3. The van der Waals surface area contributed by atoms with Gasteiger partial charge < -0.3 is 4.84 Å². The molecule has 0 aliphatic carbocycles. The Kier molecular flexibility index (Phi) is 6.56. The van der Waals surface area contributed by atoms with Gasteiger partial charge in [-0.25, -0.2) is 9.37 Å². The fourth-order valence-electron chi connectivity index (χ4n) is 2.78. The van der Waals surface area contributed by atoms with Gasteiger partial charge in [0.25, 0.3) is 5.56 Å². The number of benzene rings is 1. The largest absolute Gasteiger partial charge is 0.412 e. The van der Waals surface area contributed by atoms with Crippen molar-refractivity contribution in [2.45, 2.75) is 58.3 Å². The fraction of sp³-hybridized carbons (Fsp3) is 0.556. The Morgan fingerprint density at radius 3 is 2.52 bits per heavy atom. The molecule has 0 fully saturated rings. The monoisotopic (exact) mass is 320 g/mol. The number of unbranched alkanes of at least 4 members (excludes halogenated alkanes) is 6. The molecule has 0 atom stereocenters. The fourth-order valence-corrected chi connectivity index (χ4v) is 2.78. The lowest BCUT2D eigenvalue weighted by molar-refractivity contribution is 0.146. The molecule has 23 heavy (non-hydrogen) atoms. The summed E-state index contributed by atoms with van der Waals surface area (Å²) < 4.78 is 14.6. The molecule has 2 aromatic rings. The molecule has 0 aliphatic heterocycles. The predicted molar refractivity (Wildman–Crippen MR) is 90.2 cm³/mol. The van der Waals surface area contributed by atoms with Crippen LogP contribution in [0.15, 0.2) is 23.0 Å². The first-order chi connectivity index (χ1) is 11.2. The molecule has 2 rings (SSSR count). The minimum Gasteiger partial charge on any atom is -0.412 e. The van der Waals surface area contributed by atoms with Crippen LogP contribution in [0.4, 0.5) is 4.39 Å². The van der Waals surface area contributed by atoms with E-state index >= 15 is 0 Å². The number of aryl methyl sites for hydroxylation is 1. The van der Waals surface area contributed by atoms with Crippen LogP contribution in [0.5, 0.6) is 0 Å². The number of aromatic nitrogens is 2. The van der Waals surface area contributed by atoms with E-state index in [0.29, 0.717) is 23.1 Å². The second-order valence-corrected chi connectivity index (χ2v) is 5.84. The molecule has 0 saturated heterocycles. The summed E-state index contributed by atoms with van der Waals surface area (Å²) in [6.45, 7) is 2.21. The van der Waals surface area contributed by atoms with Crippen molar-refractivity contribution in [3.63, 3.8) is 0 Å². The molecule has 0 unspecified atom stereocenters. The third kappa shape index (κ3) is 4.53. The Morgan fingerprint density at radius 1 is 1.13 bits per heavy atom. The number of nitrogens with zero attached hydrogens (tertiary/aromatic N) is 2. The van der Waals surface area contributed by atoms with Gasteiger partial charge in [0.05, 0.1) is 10.9 Å². The van der Waals surface area contributed by atoms with Crippen LogP contribution in [0.2, 0.25) is 0 Å². The highest BCUT2D eigenvalue weighted by molar-refractivity contribution is 5.77. The smallest absolute Gasteiger partial charge is 0.294 e. The standard InChI is InChI=1S/C18H25FN2O2/c1-3-4-5-6-7-8-9-10-17-20-16-13-14(19)11-12-15(16)18(22)21(17)23-2/h11-13H,3-10H2,1-2H3. The SMILES string of the molecule is CCCCCCCCCc1nc2cc(F)ccc2c(=O)n1OC. The highest BCUT2D eigenvalue weighted by atomic mass is 19.1. The molecule has 0 saturated carbocycles. The Balaban J connectivity index is 2.06. The van der Waals surface area contributed by atoms with E-state index in [9.17, 15) is 9.18 Å². The third-order valence-corrected chi connectivity index (χ3v) is 4.05. The van der Waals surface area contributed by atoms with Crippen molar-refractivity contribution >= 4 is 10.9 Å². The highest BCUT2D eigenvalue weighted by Crippen LogP contribution is 2.13. The molecule has 0 N–H and O–H groups in total. The van der Waals surface area contributed by atoms with Crippen molar-refractivity contribution in [1.29, 1.82) is 0 Å². The highest BCUT2D eigenvalue weighted by Gasteiger charge is 2.11. The van der Waals surface area contributed by atoms with E-state index < -0.39 is 0 Å². The minimum absolute atomic E-state index is 0.282.